The van der Waals surface area contributed by atoms with Gasteiger partial charge < -0.3 is 16.0 Å². The summed E-state index contributed by atoms with van der Waals surface area (Å²) >= 11 is 5.97. The number of primary amides is 1. The van der Waals surface area contributed by atoms with Crippen LogP contribution >= 0.6 is 11.6 Å². The minimum absolute atomic E-state index is 0.130. The van der Waals surface area contributed by atoms with Crippen LogP contribution in [0.3, 0.4) is 0 Å². The zero-order valence-corrected chi connectivity index (χ0v) is 19.0. The molecular weight excluding hydrogens is 461 g/mol. The summed E-state index contributed by atoms with van der Waals surface area (Å²) in [5.74, 6) is 3.96. The third-order valence-electron chi connectivity index (χ3n) is 6.03. The van der Waals surface area contributed by atoms with Crippen molar-refractivity contribution in [3.05, 3.63) is 59.1 Å². The van der Waals surface area contributed by atoms with Crippen LogP contribution in [0.2, 0.25) is 5.02 Å². The van der Waals surface area contributed by atoms with Gasteiger partial charge in [-0.05, 0) is 36.5 Å². The summed E-state index contributed by atoms with van der Waals surface area (Å²) in [5.41, 5.74) is 5.69. The number of amides is 3. The van der Waals surface area contributed by atoms with Gasteiger partial charge in [-0.2, -0.15) is 0 Å². The third-order valence-corrected chi connectivity index (χ3v) is 6.28. The Labute approximate surface area is 201 Å². The Bertz CT molecular complexity index is 1140. The lowest BCUT2D eigenvalue weighted by Gasteiger charge is -2.29. The first kappa shape index (κ1) is 23.6. The average molecular weight is 484 g/mol. The Morgan fingerprint density at radius 1 is 1.26 bits per heavy atom. The van der Waals surface area contributed by atoms with Crippen LogP contribution in [0.4, 0.5) is 4.39 Å². The fourth-order valence-electron chi connectivity index (χ4n) is 4.18. The quantitative estimate of drug-likeness (QED) is 0.604. The van der Waals surface area contributed by atoms with Crippen molar-refractivity contribution in [2.45, 2.75) is 49.4 Å². The van der Waals surface area contributed by atoms with Crippen LogP contribution in [0.5, 0.6) is 0 Å². The van der Waals surface area contributed by atoms with Crippen LogP contribution < -0.4 is 11.1 Å². The lowest BCUT2D eigenvalue weighted by atomic mass is 9.94. The number of aromatic nitrogens is 2. The molecule has 34 heavy (non-hydrogen) atoms. The van der Waals surface area contributed by atoms with E-state index in [0.717, 1.165) is 5.56 Å². The highest BCUT2D eigenvalue weighted by molar-refractivity contribution is 6.30. The monoisotopic (exact) mass is 483 g/mol. The van der Waals surface area contributed by atoms with Crippen LogP contribution in [-0.2, 0) is 19.8 Å². The minimum Gasteiger partial charge on any atom is -0.370 e. The fraction of sp³-hybridized carbons (Fsp3) is 0.375. The highest BCUT2D eigenvalue weighted by Crippen LogP contribution is 2.50. The molecule has 2 heterocycles. The second kappa shape index (κ2) is 9.77. The van der Waals surface area contributed by atoms with Crippen molar-refractivity contribution in [2.75, 3.05) is 6.54 Å². The van der Waals surface area contributed by atoms with E-state index in [-0.39, 0.29) is 25.3 Å². The number of alkyl halides is 1. The molecule has 176 valence electrons. The second-order valence-corrected chi connectivity index (χ2v) is 8.92. The molecule has 1 aliphatic heterocycles. The van der Waals surface area contributed by atoms with E-state index in [4.69, 9.17) is 17.3 Å². The van der Waals surface area contributed by atoms with Crippen molar-refractivity contribution in [1.29, 1.82) is 0 Å². The number of hydrogen-bond donors (Lipinski definition) is 2. The molecule has 3 amide bonds. The number of nitrogens with zero attached hydrogens (tertiary/aromatic N) is 3. The molecule has 2 aliphatic rings. The molecule has 3 N–H and O–H groups in total. The third kappa shape index (κ3) is 5.18. The molecule has 10 heteroatoms. The van der Waals surface area contributed by atoms with E-state index in [1.807, 2.05) is 0 Å². The number of rotatable bonds is 6. The zero-order valence-electron chi connectivity index (χ0n) is 18.2. The number of halogens is 2. The molecule has 0 bridgehead atoms. The number of carbonyl (C=O) groups is 3. The summed E-state index contributed by atoms with van der Waals surface area (Å²) < 4.78 is 14.4. The molecule has 1 saturated carbocycles. The maximum atomic E-state index is 14.4. The first-order chi connectivity index (χ1) is 16.3. The molecule has 0 spiro atoms. The van der Waals surface area contributed by atoms with Crippen molar-refractivity contribution < 1.29 is 18.8 Å². The predicted molar refractivity (Wildman–Crippen MR) is 122 cm³/mol. The summed E-state index contributed by atoms with van der Waals surface area (Å²) in [6.07, 6.45) is 3.91. The first-order valence-electron chi connectivity index (χ1n) is 10.9. The maximum absolute atomic E-state index is 14.4. The Kier molecular flexibility index (Phi) is 6.80. The molecule has 4 rings (SSSR count). The predicted octanol–water partition coefficient (Wildman–Crippen LogP) is 1.51. The summed E-state index contributed by atoms with van der Waals surface area (Å²) in [7, 11) is 0. The molecular formula is C24H23ClFN5O3. The van der Waals surface area contributed by atoms with E-state index < -0.39 is 35.5 Å². The molecule has 2 aromatic rings. The SMILES string of the molecule is NC(=O)C[C@@H](C#Cc1cnccn1)NC(=O)[C@@H]1CC(F)CN1C(=O)C1(c2ccc(Cl)cc2)CC1. The van der Waals surface area contributed by atoms with Gasteiger partial charge in [-0.3, -0.25) is 19.4 Å². The van der Waals surface area contributed by atoms with Gasteiger partial charge in [0.2, 0.25) is 17.7 Å². The Morgan fingerprint density at radius 3 is 2.62 bits per heavy atom. The number of benzene rings is 1. The topological polar surface area (TPSA) is 118 Å². The summed E-state index contributed by atoms with van der Waals surface area (Å²) in [4.78, 5) is 47.3. The van der Waals surface area contributed by atoms with E-state index in [1.54, 1.807) is 24.3 Å². The van der Waals surface area contributed by atoms with Crippen LogP contribution in [-0.4, -0.2) is 57.4 Å². The van der Waals surface area contributed by atoms with E-state index in [1.165, 1.54) is 23.5 Å². The lowest BCUT2D eigenvalue weighted by Crippen LogP contribution is -2.51. The highest BCUT2D eigenvalue weighted by Gasteiger charge is 2.56. The van der Waals surface area contributed by atoms with E-state index in [2.05, 4.69) is 27.1 Å². The van der Waals surface area contributed by atoms with Gasteiger partial charge in [0.25, 0.3) is 0 Å². The summed E-state index contributed by atoms with van der Waals surface area (Å²) in [5, 5.41) is 3.20. The average Bonchev–Trinajstić information content (AvgIpc) is 3.53. The van der Waals surface area contributed by atoms with Crippen molar-refractivity contribution >= 4 is 29.3 Å². The van der Waals surface area contributed by atoms with E-state index in [0.29, 0.717) is 23.6 Å². The number of likely N-dealkylation sites (tertiary alicyclic amines) is 1. The van der Waals surface area contributed by atoms with Crippen LogP contribution in [0.1, 0.15) is 36.9 Å². The molecule has 1 unspecified atom stereocenters. The number of nitrogens with one attached hydrogen (secondary N) is 1. The smallest absolute Gasteiger partial charge is 0.243 e. The molecule has 3 atom stereocenters. The Hall–Kier alpha value is -3.51. The van der Waals surface area contributed by atoms with Crippen molar-refractivity contribution in [1.82, 2.24) is 20.2 Å². The molecule has 2 fully saturated rings. The van der Waals surface area contributed by atoms with Crippen molar-refractivity contribution in [2.24, 2.45) is 5.73 Å². The molecule has 8 nitrogen and oxygen atoms in total. The molecule has 0 radical (unpaired) electrons. The number of nitrogens with two attached hydrogens (primary N) is 1. The van der Waals surface area contributed by atoms with Gasteiger partial charge in [-0.1, -0.05) is 29.7 Å². The van der Waals surface area contributed by atoms with Gasteiger partial charge in [-0.25, -0.2) is 9.37 Å². The zero-order chi connectivity index (χ0) is 24.3. The Morgan fingerprint density at radius 2 is 2.00 bits per heavy atom. The molecule has 1 aromatic carbocycles. The molecule has 1 aliphatic carbocycles. The van der Waals surface area contributed by atoms with Gasteiger partial charge >= 0.3 is 0 Å². The summed E-state index contributed by atoms with van der Waals surface area (Å²) in [6, 6.07) is 5.06. The minimum atomic E-state index is -1.33. The number of carbonyl (C=O) groups excluding carboxylic acids is 3. The van der Waals surface area contributed by atoms with Gasteiger partial charge in [0.05, 0.1) is 30.6 Å². The fourth-order valence-corrected chi connectivity index (χ4v) is 4.31. The van der Waals surface area contributed by atoms with Crippen LogP contribution in [0.25, 0.3) is 0 Å². The standard InChI is InChI=1S/C24H23ClFN5O3/c25-16-3-1-15(2-4-16)24(7-8-24)23(34)31-14-17(26)11-20(31)22(33)30-18(12-21(27)32)5-6-19-13-28-9-10-29-19/h1-4,9-10,13,17-18,20H,7-8,11-12,14H2,(H2,27,32)(H,30,33)/t17?,18-,20+/m1/s1. The lowest BCUT2D eigenvalue weighted by molar-refractivity contribution is -0.140. The normalized spacial score (nSPS) is 21.2. The van der Waals surface area contributed by atoms with Gasteiger partial charge in [-0.15, -0.1) is 0 Å². The van der Waals surface area contributed by atoms with Crippen molar-refractivity contribution in [3.8, 4) is 11.8 Å². The van der Waals surface area contributed by atoms with Crippen LogP contribution in [0, 0.1) is 11.8 Å². The highest BCUT2D eigenvalue weighted by atomic mass is 35.5. The van der Waals surface area contributed by atoms with Gasteiger partial charge in [0.15, 0.2) is 0 Å². The second-order valence-electron chi connectivity index (χ2n) is 8.49. The Balaban J connectivity index is 1.51. The maximum Gasteiger partial charge on any atom is 0.243 e. The van der Waals surface area contributed by atoms with Crippen LogP contribution in [0.15, 0.2) is 42.9 Å². The molecule has 1 saturated heterocycles. The van der Waals surface area contributed by atoms with E-state index in [9.17, 15) is 18.8 Å². The van der Waals surface area contributed by atoms with E-state index >= 15 is 0 Å². The van der Waals surface area contributed by atoms with Gasteiger partial charge in [0.1, 0.15) is 17.9 Å². The van der Waals surface area contributed by atoms with Crippen molar-refractivity contribution in [3.63, 3.8) is 0 Å². The largest absolute Gasteiger partial charge is 0.370 e. The molecule has 1 aromatic heterocycles. The first-order valence-corrected chi connectivity index (χ1v) is 11.2. The summed E-state index contributed by atoms with van der Waals surface area (Å²) in [6.45, 7) is -0.169. The number of hydrogen-bond acceptors (Lipinski definition) is 5. The van der Waals surface area contributed by atoms with Gasteiger partial charge in [0, 0.05) is 23.8 Å².